The van der Waals surface area contributed by atoms with Crippen LogP contribution in [-0.4, -0.2) is 33.0 Å². The third kappa shape index (κ3) is 3.27. The molecule has 0 N–H and O–H groups in total. The molecule has 0 aliphatic carbocycles. The number of hydrogen-bond donors (Lipinski definition) is 0. The van der Waals surface area contributed by atoms with Crippen LogP contribution in [0.15, 0.2) is 48.5 Å². The SMILES string of the molecule is CC(C)(C)c1cc[c]([Sb]2[O]C(C(F)(F)F)(C(F)(F)F)c3cccc[c]32)cc1. The summed E-state index contributed by atoms with van der Waals surface area (Å²) in [7, 11) is 0. The Balaban J connectivity index is 2.16. The monoisotopic (exact) mass is 496 g/mol. The fourth-order valence-corrected chi connectivity index (χ4v) is 9.19. The Morgan fingerprint density at radius 2 is 1.30 bits per heavy atom. The molecular weight excluding hydrogens is 480 g/mol. The molecule has 0 amide bonds. The van der Waals surface area contributed by atoms with Gasteiger partial charge in [0.25, 0.3) is 0 Å². The zero-order valence-corrected chi connectivity index (χ0v) is 17.3. The van der Waals surface area contributed by atoms with Gasteiger partial charge in [-0.1, -0.05) is 0 Å². The van der Waals surface area contributed by atoms with Crippen molar-refractivity contribution < 1.29 is 29.4 Å². The molecule has 0 atom stereocenters. The van der Waals surface area contributed by atoms with E-state index >= 15 is 0 Å². The second-order valence-corrected chi connectivity index (χ2v) is 12.4. The predicted molar refractivity (Wildman–Crippen MR) is 91.5 cm³/mol. The fourth-order valence-electron chi connectivity index (χ4n) is 3.04. The first kappa shape index (κ1) is 20.5. The Kier molecular flexibility index (Phi) is 4.88. The summed E-state index contributed by atoms with van der Waals surface area (Å²) >= 11 is -3.73. The van der Waals surface area contributed by atoms with Crippen LogP contribution in [0.5, 0.6) is 0 Å². The standard InChI is InChI=1S/C10H13.C9H4F6O.Sb/c1-10(2,3)9-7-5-4-6-8-9;10-8(11,12)7(16,9(13,14)15)6-4-2-1-3-5-6;/h5-8H,1-3H3;1-4H;/q;-1;+1. The fraction of sp³-hybridized carbons (Fsp3) is 0.368. The molecule has 2 aromatic carbocycles. The van der Waals surface area contributed by atoms with Crippen molar-refractivity contribution in [2.75, 3.05) is 0 Å². The van der Waals surface area contributed by atoms with Gasteiger partial charge in [0.2, 0.25) is 0 Å². The Labute approximate surface area is 160 Å². The van der Waals surface area contributed by atoms with Crippen LogP contribution in [-0.2, 0) is 14.0 Å². The predicted octanol–water partition coefficient (Wildman–Crippen LogP) is 4.44. The van der Waals surface area contributed by atoms with Crippen LogP contribution < -0.4 is 7.02 Å². The summed E-state index contributed by atoms with van der Waals surface area (Å²) < 4.78 is 87.6. The van der Waals surface area contributed by atoms with Crippen LogP contribution in [0.3, 0.4) is 0 Å². The summed E-state index contributed by atoms with van der Waals surface area (Å²) in [6, 6.07) is 11.5. The Morgan fingerprint density at radius 1 is 0.778 bits per heavy atom. The Hall–Kier alpha value is -1.20. The van der Waals surface area contributed by atoms with Crippen molar-refractivity contribution in [2.45, 2.75) is 44.1 Å². The topological polar surface area (TPSA) is 9.23 Å². The summed E-state index contributed by atoms with van der Waals surface area (Å²) in [5.41, 5.74) is -4.33. The van der Waals surface area contributed by atoms with Gasteiger partial charge in [0.1, 0.15) is 0 Å². The molecule has 0 saturated carbocycles. The summed E-state index contributed by atoms with van der Waals surface area (Å²) in [6.45, 7) is 5.92. The van der Waals surface area contributed by atoms with Gasteiger partial charge in [0, 0.05) is 0 Å². The third-order valence-corrected chi connectivity index (χ3v) is 10.4. The van der Waals surface area contributed by atoms with Crippen LogP contribution in [0, 0.1) is 0 Å². The Morgan fingerprint density at radius 3 is 1.78 bits per heavy atom. The quantitative estimate of drug-likeness (QED) is 0.419. The van der Waals surface area contributed by atoms with Gasteiger partial charge in [0.05, 0.1) is 0 Å². The average Bonchev–Trinajstić information content (AvgIpc) is 2.90. The second kappa shape index (κ2) is 6.41. The second-order valence-electron chi connectivity index (χ2n) is 7.38. The van der Waals surface area contributed by atoms with Crippen molar-refractivity contribution in [1.29, 1.82) is 0 Å². The van der Waals surface area contributed by atoms with E-state index in [-0.39, 0.29) is 8.92 Å². The summed E-state index contributed by atoms with van der Waals surface area (Å²) in [5, 5.41) is 0. The van der Waals surface area contributed by atoms with Crippen molar-refractivity contribution >= 4 is 27.7 Å². The van der Waals surface area contributed by atoms with E-state index in [1.54, 1.807) is 24.3 Å². The molecular formula is C19H17F6OSb. The van der Waals surface area contributed by atoms with Gasteiger partial charge in [-0.05, 0) is 0 Å². The minimum atomic E-state index is -5.61. The molecule has 1 heterocycles. The Bertz CT molecular complexity index is 819. The van der Waals surface area contributed by atoms with Crippen molar-refractivity contribution in [3.05, 3.63) is 59.7 Å². The summed E-state index contributed by atoms with van der Waals surface area (Å²) in [4.78, 5) is 0. The van der Waals surface area contributed by atoms with E-state index in [0.717, 1.165) is 11.6 Å². The van der Waals surface area contributed by atoms with Gasteiger partial charge in [-0.15, -0.1) is 0 Å². The minimum absolute atomic E-state index is 0.0543. The molecule has 27 heavy (non-hydrogen) atoms. The van der Waals surface area contributed by atoms with E-state index in [4.69, 9.17) is 3.02 Å². The number of benzene rings is 2. The van der Waals surface area contributed by atoms with Gasteiger partial charge >= 0.3 is 161 Å². The molecule has 8 heteroatoms. The molecule has 2 aromatic rings. The van der Waals surface area contributed by atoms with Crippen molar-refractivity contribution in [3.63, 3.8) is 0 Å². The first-order valence-electron chi connectivity index (χ1n) is 8.12. The molecule has 0 bridgehead atoms. The van der Waals surface area contributed by atoms with E-state index < -0.39 is 44.1 Å². The molecule has 0 saturated heterocycles. The molecule has 3 rings (SSSR count). The number of fused-ring (bicyclic) bond motifs is 1. The van der Waals surface area contributed by atoms with Crippen LogP contribution in [0.2, 0.25) is 0 Å². The molecule has 0 fully saturated rings. The van der Waals surface area contributed by atoms with Gasteiger partial charge < -0.3 is 0 Å². The van der Waals surface area contributed by atoms with E-state index in [1.807, 2.05) is 20.8 Å². The van der Waals surface area contributed by atoms with Crippen LogP contribution in [0.4, 0.5) is 26.3 Å². The van der Waals surface area contributed by atoms with E-state index in [2.05, 4.69) is 0 Å². The molecule has 1 aliphatic rings. The number of halogens is 6. The maximum atomic E-state index is 13.7. The van der Waals surface area contributed by atoms with Crippen LogP contribution >= 0.6 is 0 Å². The number of alkyl halides is 6. The third-order valence-electron chi connectivity index (χ3n) is 4.50. The first-order valence-corrected chi connectivity index (χ1v) is 11.7. The molecule has 1 nitrogen and oxygen atoms in total. The van der Waals surface area contributed by atoms with E-state index in [0.29, 0.717) is 3.51 Å². The van der Waals surface area contributed by atoms with Crippen LogP contribution in [0.25, 0.3) is 0 Å². The van der Waals surface area contributed by atoms with Gasteiger partial charge in [-0.25, -0.2) is 0 Å². The van der Waals surface area contributed by atoms with Crippen molar-refractivity contribution in [3.8, 4) is 0 Å². The van der Waals surface area contributed by atoms with Gasteiger partial charge in [-0.3, -0.25) is 0 Å². The number of hydrogen-bond acceptors (Lipinski definition) is 1. The zero-order chi connectivity index (χ0) is 20.3. The van der Waals surface area contributed by atoms with Gasteiger partial charge in [0.15, 0.2) is 0 Å². The zero-order valence-electron chi connectivity index (χ0n) is 14.7. The molecule has 0 spiro atoms. The molecule has 1 aliphatic heterocycles. The van der Waals surface area contributed by atoms with Crippen LogP contribution in [0.1, 0.15) is 31.9 Å². The normalized spacial score (nSPS) is 17.8. The summed E-state index contributed by atoms with van der Waals surface area (Å²) in [5.74, 6) is 0. The summed E-state index contributed by atoms with van der Waals surface area (Å²) in [6.07, 6.45) is -11.2. The molecule has 0 aromatic heterocycles. The van der Waals surface area contributed by atoms with E-state index in [1.165, 1.54) is 18.2 Å². The van der Waals surface area contributed by atoms with Crippen molar-refractivity contribution in [2.24, 2.45) is 0 Å². The average molecular weight is 497 g/mol. The maximum absolute atomic E-state index is 13.7. The molecule has 146 valence electrons. The molecule has 0 unspecified atom stereocenters. The van der Waals surface area contributed by atoms with Crippen molar-refractivity contribution in [1.82, 2.24) is 0 Å². The van der Waals surface area contributed by atoms with Gasteiger partial charge in [-0.2, -0.15) is 0 Å². The first-order chi connectivity index (χ1) is 12.3. The molecule has 0 radical (unpaired) electrons. The van der Waals surface area contributed by atoms with E-state index in [9.17, 15) is 26.3 Å². The number of rotatable bonds is 1.